The quantitative estimate of drug-likeness (QED) is 0.311. The minimum atomic E-state index is -0.268. The summed E-state index contributed by atoms with van der Waals surface area (Å²) in [6.07, 6.45) is 1.28. The van der Waals surface area contributed by atoms with Crippen molar-refractivity contribution in [3.8, 4) is 0 Å². The second kappa shape index (κ2) is 5.95. The fourth-order valence-electron chi connectivity index (χ4n) is 1.37. The maximum absolute atomic E-state index is 12.7. The van der Waals surface area contributed by atoms with E-state index in [1.807, 2.05) is 6.92 Å². The van der Waals surface area contributed by atoms with E-state index < -0.39 is 0 Å². The Bertz CT molecular complexity index is 351. The molecule has 1 aromatic carbocycles. The van der Waals surface area contributed by atoms with E-state index in [2.05, 4.69) is 10.5 Å². The van der Waals surface area contributed by atoms with Gasteiger partial charge in [-0.3, -0.25) is 0 Å². The molecule has 1 rings (SSSR count). The van der Waals surface area contributed by atoms with Gasteiger partial charge in [-0.25, -0.2) is 4.39 Å². The topological polar surface area (TPSA) is 70.6 Å². The molecule has 88 valence electrons. The van der Waals surface area contributed by atoms with E-state index in [9.17, 15) is 4.39 Å². The molecule has 0 aliphatic heterocycles. The number of nitrogens with one attached hydrogen (secondary N) is 1. The predicted octanol–water partition coefficient (Wildman–Crippen LogP) is 2.15. The molecule has 0 aromatic heterocycles. The number of hydrogen-bond acceptors (Lipinski definition) is 3. The molecule has 0 aliphatic rings. The van der Waals surface area contributed by atoms with Gasteiger partial charge in [-0.2, -0.15) is 0 Å². The Balaban J connectivity index is 2.59. The second-order valence-electron chi connectivity index (χ2n) is 3.55. The summed E-state index contributed by atoms with van der Waals surface area (Å²) in [5.74, 6) is -0.0866. The number of oxime groups is 1. The largest absolute Gasteiger partial charge is 0.409 e. The van der Waals surface area contributed by atoms with Crippen LogP contribution in [0.2, 0.25) is 0 Å². The SMILES string of the molecule is CCC(CC(N)=NO)Nc1ccc(F)cc1. The molecule has 0 amide bonds. The zero-order valence-corrected chi connectivity index (χ0v) is 9.15. The second-order valence-corrected chi connectivity index (χ2v) is 3.55. The Hall–Kier alpha value is -1.78. The molecule has 5 heteroatoms. The van der Waals surface area contributed by atoms with Crippen molar-refractivity contribution in [2.45, 2.75) is 25.8 Å². The van der Waals surface area contributed by atoms with Crippen molar-refractivity contribution >= 4 is 11.5 Å². The molecule has 16 heavy (non-hydrogen) atoms. The lowest BCUT2D eigenvalue weighted by Crippen LogP contribution is -2.26. The summed E-state index contributed by atoms with van der Waals surface area (Å²) in [7, 11) is 0. The number of rotatable bonds is 5. The van der Waals surface area contributed by atoms with E-state index >= 15 is 0 Å². The Morgan fingerprint density at radius 2 is 2.12 bits per heavy atom. The summed E-state index contributed by atoms with van der Waals surface area (Å²) >= 11 is 0. The number of nitrogens with zero attached hydrogens (tertiary/aromatic N) is 1. The van der Waals surface area contributed by atoms with Gasteiger partial charge in [-0.15, -0.1) is 0 Å². The van der Waals surface area contributed by atoms with Crippen molar-refractivity contribution in [2.24, 2.45) is 10.9 Å². The lowest BCUT2D eigenvalue weighted by molar-refractivity contribution is 0.316. The monoisotopic (exact) mass is 225 g/mol. The molecule has 0 radical (unpaired) electrons. The predicted molar refractivity (Wildman–Crippen MR) is 62.1 cm³/mol. The Labute approximate surface area is 94.0 Å². The molecule has 0 bridgehead atoms. The molecule has 0 fully saturated rings. The highest BCUT2D eigenvalue weighted by Crippen LogP contribution is 2.12. The molecule has 0 heterocycles. The van der Waals surface area contributed by atoms with E-state index in [-0.39, 0.29) is 17.7 Å². The van der Waals surface area contributed by atoms with Crippen LogP contribution in [0.3, 0.4) is 0 Å². The first-order valence-corrected chi connectivity index (χ1v) is 5.14. The highest BCUT2D eigenvalue weighted by atomic mass is 19.1. The third-order valence-corrected chi connectivity index (χ3v) is 2.29. The van der Waals surface area contributed by atoms with E-state index in [4.69, 9.17) is 10.9 Å². The number of anilines is 1. The van der Waals surface area contributed by atoms with Crippen LogP contribution in [0.4, 0.5) is 10.1 Å². The smallest absolute Gasteiger partial charge is 0.141 e. The molecule has 0 saturated heterocycles. The fraction of sp³-hybridized carbons (Fsp3) is 0.364. The summed E-state index contributed by atoms with van der Waals surface area (Å²) < 4.78 is 12.7. The summed E-state index contributed by atoms with van der Waals surface area (Å²) in [5.41, 5.74) is 6.25. The van der Waals surface area contributed by atoms with Crippen LogP contribution in [0.1, 0.15) is 19.8 Å². The standard InChI is InChI=1S/C11H16FN3O/c1-2-9(7-11(13)15-16)14-10-5-3-8(12)4-6-10/h3-6,9,14,16H,2,7H2,1H3,(H2,13,15). The number of hydrogen-bond donors (Lipinski definition) is 3. The van der Waals surface area contributed by atoms with Crippen LogP contribution < -0.4 is 11.1 Å². The van der Waals surface area contributed by atoms with Crippen LogP contribution in [0.5, 0.6) is 0 Å². The summed E-state index contributed by atoms with van der Waals surface area (Å²) in [6.45, 7) is 1.99. The molecule has 4 N–H and O–H groups in total. The lowest BCUT2D eigenvalue weighted by atomic mass is 10.1. The first-order chi connectivity index (χ1) is 7.65. The number of benzene rings is 1. The summed E-state index contributed by atoms with van der Waals surface area (Å²) in [5, 5.41) is 14.6. The van der Waals surface area contributed by atoms with Gasteiger partial charge in [0.05, 0.1) is 0 Å². The highest BCUT2D eigenvalue weighted by Gasteiger charge is 2.08. The molecule has 1 atom stereocenters. The van der Waals surface area contributed by atoms with Gasteiger partial charge in [-0.05, 0) is 30.7 Å². The fourth-order valence-corrected chi connectivity index (χ4v) is 1.37. The Kier molecular flexibility index (Phi) is 4.57. The van der Waals surface area contributed by atoms with Gasteiger partial charge in [0.1, 0.15) is 11.7 Å². The molecular weight excluding hydrogens is 209 g/mol. The Morgan fingerprint density at radius 3 is 2.62 bits per heavy atom. The van der Waals surface area contributed by atoms with Gasteiger partial charge in [0.2, 0.25) is 0 Å². The van der Waals surface area contributed by atoms with E-state index in [0.29, 0.717) is 6.42 Å². The van der Waals surface area contributed by atoms with Crippen molar-refractivity contribution in [2.75, 3.05) is 5.32 Å². The first-order valence-electron chi connectivity index (χ1n) is 5.14. The van der Waals surface area contributed by atoms with Gasteiger partial charge in [0.25, 0.3) is 0 Å². The number of nitrogens with two attached hydrogens (primary N) is 1. The maximum Gasteiger partial charge on any atom is 0.141 e. The van der Waals surface area contributed by atoms with Crippen molar-refractivity contribution in [1.82, 2.24) is 0 Å². The van der Waals surface area contributed by atoms with Gasteiger partial charge >= 0.3 is 0 Å². The van der Waals surface area contributed by atoms with E-state index in [0.717, 1.165) is 12.1 Å². The Morgan fingerprint density at radius 1 is 1.50 bits per heavy atom. The number of halogens is 1. The molecule has 0 saturated carbocycles. The van der Waals surface area contributed by atoms with E-state index in [1.54, 1.807) is 12.1 Å². The third kappa shape index (κ3) is 3.76. The first kappa shape index (κ1) is 12.3. The average Bonchev–Trinajstić information content (AvgIpc) is 2.30. The van der Waals surface area contributed by atoms with Gasteiger partial charge < -0.3 is 16.3 Å². The minimum Gasteiger partial charge on any atom is -0.409 e. The molecule has 1 aromatic rings. The summed E-state index contributed by atoms with van der Waals surface area (Å²) in [6, 6.07) is 6.16. The van der Waals surface area contributed by atoms with Crippen molar-refractivity contribution in [3.05, 3.63) is 30.1 Å². The lowest BCUT2D eigenvalue weighted by Gasteiger charge is -2.17. The molecular formula is C11H16FN3O. The zero-order valence-electron chi connectivity index (χ0n) is 9.15. The van der Waals surface area contributed by atoms with Crippen LogP contribution in [-0.2, 0) is 0 Å². The van der Waals surface area contributed by atoms with Gasteiger partial charge in [0, 0.05) is 18.2 Å². The van der Waals surface area contributed by atoms with Crippen molar-refractivity contribution in [3.63, 3.8) is 0 Å². The third-order valence-electron chi connectivity index (χ3n) is 2.29. The van der Waals surface area contributed by atoms with Crippen LogP contribution in [0.15, 0.2) is 29.4 Å². The molecule has 4 nitrogen and oxygen atoms in total. The van der Waals surface area contributed by atoms with Crippen molar-refractivity contribution in [1.29, 1.82) is 0 Å². The summed E-state index contributed by atoms with van der Waals surface area (Å²) in [4.78, 5) is 0. The molecule has 0 spiro atoms. The van der Waals surface area contributed by atoms with Gasteiger partial charge in [-0.1, -0.05) is 12.1 Å². The average molecular weight is 225 g/mol. The minimum absolute atomic E-state index is 0.0707. The van der Waals surface area contributed by atoms with Gasteiger partial charge in [0.15, 0.2) is 0 Å². The van der Waals surface area contributed by atoms with Crippen LogP contribution in [0.25, 0.3) is 0 Å². The van der Waals surface area contributed by atoms with Crippen LogP contribution in [-0.4, -0.2) is 17.1 Å². The maximum atomic E-state index is 12.7. The van der Waals surface area contributed by atoms with Crippen molar-refractivity contribution < 1.29 is 9.60 Å². The normalized spacial score (nSPS) is 13.5. The van der Waals surface area contributed by atoms with Crippen LogP contribution in [0, 0.1) is 5.82 Å². The van der Waals surface area contributed by atoms with E-state index in [1.165, 1.54) is 12.1 Å². The zero-order chi connectivity index (χ0) is 12.0. The van der Waals surface area contributed by atoms with Crippen LogP contribution >= 0.6 is 0 Å². The highest BCUT2D eigenvalue weighted by molar-refractivity contribution is 5.80. The number of amidine groups is 1. The molecule has 0 aliphatic carbocycles. The molecule has 1 unspecified atom stereocenters.